The van der Waals surface area contributed by atoms with E-state index in [0.29, 0.717) is 6.61 Å². The Morgan fingerprint density at radius 2 is 1.62 bits per heavy atom. The lowest BCUT2D eigenvalue weighted by atomic mass is 9.98. The summed E-state index contributed by atoms with van der Waals surface area (Å²) in [5.41, 5.74) is 2.88. The molecule has 0 radical (unpaired) electrons. The van der Waals surface area contributed by atoms with Gasteiger partial charge in [-0.25, -0.2) is 0 Å². The molecular weight excluding hydrogens is 430 g/mol. The molecule has 0 unspecified atom stereocenters. The number of anilines is 1. The third kappa shape index (κ3) is 5.92. The summed E-state index contributed by atoms with van der Waals surface area (Å²) in [5.74, 6) is 0.744. The third-order valence-electron chi connectivity index (χ3n) is 4.62. The molecule has 0 aliphatic rings. The third-order valence-corrected chi connectivity index (χ3v) is 5.15. The molecule has 0 aromatic heterocycles. The van der Waals surface area contributed by atoms with Crippen LogP contribution in [0.25, 0.3) is 0 Å². The molecular formula is C24H24BrNO3. The first-order chi connectivity index (χ1) is 14.1. The van der Waals surface area contributed by atoms with Gasteiger partial charge in [-0.1, -0.05) is 58.4 Å². The van der Waals surface area contributed by atoms with Crippen LogP contribution in [0.5, 0.6) is 5.75 Å². The summed E-state index contributed by atoms with van der Waals surface area (Å²) in [7, 11) is 1.64. The van der Waals surface area contributed by atoms with E-state index in [1.54, 1.807) is 14.0 Å². The van der Waals surface area contributed by atoms with Crippen LogP contribution in [0.3, 0.4) is 0 Å². The number of ketones is 1. The summed E-state index contributed by atoms with van der Waals surface area (Å²) in [6.45, 7) is 1.93. The smallest absolute Gasteiger partial charge is 0.160 e. The second-order valence-corrected chi connectivity index (χ2v) is 7.65. The van der Waals surface area contributed by atoms with Gasteiger partial charge in [0.05, 0.1) is 19.8 Å². The number of benzene rings is 3. The van der Waals surface area contributed by atoms with E-state index in [4.69, 9.17) is 9.47 Å². The minimum absolute atomic E-state index is 0.0325. The maximum Gasteiger partial charge on any atom is 0.160 e. The molecule has 0 aliphatic heterocycles. The Morgan fingerprint density at radius 3 is 2.21 bits per heavy atom. The first kappa shape index (κ1) is 21.1. The highest BCUT2D eigenvalue weighted by molar-refractivity contribution is 9.10. The maximum atomic E-state index is 12.5. The van der Waals surface area contributed by atoms with E-state index in [1.165, 1.54) is 0 Å². The highest BCUT2D eigenvalue weighted by atomic mass is 79.9. The maximum absolute atomic E-state index is 12.5. The Morgan fingerprint density at radius 1 is 0.966 bits per heavy atom. The van der Waals surface area contributed by atoms with Crippen LogP contribution >= 0.6 is 15.9 Å². The van der Waals surface area contributed by atoms with Gasteiger partial charge in [0.1, 0.15) is 11.9 Å². The fourth-order valence-corrected chi connectivity index (χ4v) is 3.34. The number of ether oxygens (including phenoxy) is 2. The lowest BCUT2D eigenvalue weighted by Gasteiger charge is -2.28. The number of hydrogen-bond acceptors (Lipinski definition) is 4. The number of nitrogens with one attached hydrogen (secondary N) is 1. The van der Waals surface area contributed by atoms with Crippen molar-refractivity contribution in [3.05, 3.63) is 94.5 Å². The van der Waals surface area contributed by atoms with Crippen molar-refractivity contribution in [2.24, 2.45) is 0 Å². The van der Waals surface area contributed by atoms with Gasteiger partial charge >= 0.3 is 0 Å². The molecule has 29 heavy (non-hydrogen) atoms. The normalized spacial score (nSPS) is 12.8. The molecule has 5 heteroatoms. The average Bonchev–Trinajstić information content (AvgIpc) is 2.75. The summed E-state index contributed by atoms with van der Waals surface area (Å²) in [5, 5.41) is 3.47. The van der Waals surface area contributed by atoms with E-state index in [0.717, 1.165) is 27.0 Å². The predicted molar refractivity (Wildman–Crippen MR) is 119 cm³/mol. The van der Waals surface area contributed by atoms with Crippen molar-refractivity contribution < 1.29 is 14.3 Å². The Bertz CT molecular complexity index is 911. The Labute approximate surface area is 180 Å². The van der Waals surface area contributed by atoms with Crippen LogP contribution in [0.1, 0.15) is 24.1 Å². The lowest BCUT2D eigenvalue weighted by Crippen LogP contribution is -2.34. The summed E-state index contributed by atoms with van der Waals surface area (Å²) in [4.78, 5) is 12.5. The van der Waals surface area contributed by atoms with Gasteiger partial charge in [-0.15, -0.1) is 0 Å². The number of methoxy groups -OCH3 is 1. The largest absolute Gasteiger partial charge is 0.497 e. The van der Waals surface area contributed by atoms with Gasteiger partial charge in [-0.05, 0) is 54.4 Å². The molecule has 0 fully saturated rings. The monoisotopic (exact) mass is 453 g/mol. The highest BCUT2D eigenvalue weighted by Crippen LogP contribution is 2.28. The first-order valence-electron chi connectivity index (χ1n) is 9.39. The number of rotatable bonds is 9. The van der Waals surface area contributed by atoms with Gasteiger partial charge in [-0.2, -0.15) is 0 Å². The van der Waals surface area contributed by atoms with Gasteiger partial charge in [0.25, 0.3) is 0 Å². The van der Waals surface area contributed by atoms with Crippen LogP contribution in [0.4, 0.5) is 5.69 Å². The molecule has 3 aromatic rings. The van der Waals surface area contributed by atoms with E-state index >= 15 is 0 Å². The number of Topliss-reactive ketones (excluding diaryl/α,β-unsaturated/α-hetero) is 1. The van der Waals surface area contributed by atoms with Crippen LogP contribution in [-0.4, -0.2) is 19.0 Å². The molecule has 4 nitrogen and oxygen atoms in total. The molecule has 0 aliphatic carbocycles. The van der Waals surface area contributed by atoms with Gasteiger partial charge in [0.2, 0.25) is 0 Å². The fraction of sp³-hybridized carbons (Fsp3) is 0.208. The van der Waals surface area contributed by atoms with E-state index in [2.05, 4.69) is 21.2 Å². The van der Waals surface area contributed by atoms with E-state index < -0.39 is 6.10 Å². The van der Waals surface area contributed by atoms with Crippen molar-refractivity contribution >= 4 is 27.4 Å². The molecule has 2 atom stereocenters. The van der Waals surface area contributed by atoms with Crippen LogP contribution < -0.4 is 10.1 Å². The molecule has 3 aromatic carbocycles. The number of hydrogen-bond donors (Lipinski definition) is 1. The highest BCUT2D eigenvalue weighted by Gasteiger charge is 2.28. The molecule has 0 bridgehead atoms. The minimum atomic E-state index is -0.640. The Hall–Kier alpha value is -2.63. The molecule has 0 spiro atoms. The van der Waals surface area contributed by atoms with Crippen molar-refractivity contribution in [2.75, 3.05) is 12.4 Å². The van der Waals surface area contributed by atoms with Crippen LogP contribution in [0.15, 0.2) is 83.3 Å². The van der Waals surface area contributed by atoms with Crippen LogP contribution in [0.2, 0.25) is 0 Å². The van der Waals surface area contributed by atoms with E-state index in [1.807, 2.05) is 78.9 Å². The summed E-state index contributed by atoms with van der Waals surface area (Å²) in [6.07, 6.45) is -0.640. The van der Waals surface area contributed by atoms with Crippen LogP contribution in [0, 0.1) is 0 Å². The summed E-state index contributed by atoms with van der Waals surface area (Å²) >= 11 is 3.47. The van der Waals surface area contributed by atoms with Crippen LogP contribution in [-0.2, 0) is 16.1 Å². The Kier molecular flexibility index (Phi) is 7.44. The molecule has 0 amide bonds. The van der Waals surface area contributed by atoms with Crippen molar-refractivity contribution in [3.8, 4) is 5.75 Å². The zero-order chi connectivity index (χ0) is 20.6. The predicted octanol–water partition coefficient (Wildman–Crippen LogP) is 5.79. The fourth-order valence-electron chi connectivity index (χ4n) is 3.08. The van der Waals surface area contributed by atoms with Crippen molar-refractivity contribution in [1.82, 2.24) is 0 Å². The SMILES string of the molecule is COc1ccc(N[C@H](c2ccc(Br)cc2)[C@@H](OCc2ccccc2)C(C)=O)cc1. The van der Waals surface area contributed by atoms with E-state index in [-0.39, 0.29) is 11.8 Å². The number of halogens is 1. The average molecular weight is 454 g/mol. The van der Waals surface area contributed by atoms with Gasteiger partial charge < -0.3 is 14.8 Å². The van der Waals surface area contributed by atoms with Crippen molar-refractivity contribution in [3.63, 3.8) is 0 Å². The number of carbonyl (C=O) groups excluding carboxylic acids is 1. The van der Waals surface area contributed by atoms with Crippen molar-refractivity contribution in [1.29, 1.82) is 0 Å². The summed E-state index contributed by atoms with van der Waals surface area (Å²) in [6, 6.07) is 25.1. The quantitative estimate of drug-likeness (QED) is 0.445. The molecule has 0 saturated heterocycles. The van der Waals surface area contributed by atoms with Crippen molar-refractivity contribution in [2.45, 2.75) is 25.7 Å². The number of carbonyl (C=O) groups is 1. The topological polar surface area (TPSA) is 47.6 Å². The zero-order valence-corrected chi connectivity index (χ0v) is 18.1. The molecule has 0 heterocycles. The lowest BCUT2D eigenvalue weighted by molar-refractivity contribution is -0.130. The second kappa shape index (κ2) is 10.2. The molecule has 150 valence electrons. The molecule has 1 N–H and O–H groups in total. The van der Waals surface area contributed by atoms with Gasteiger partial charge in [-0.3, -0.25) is 4.79 Å². The van der Waals surface area contributed by atoms with Gasteiger partial charge in [0.15, 0.2) is 5.78 Å². The Balaban J connectivity index is 1.87. The van der Waals surface area contributed by atoms with Gasteiger partial charge in [0, 0.05) is 10.2 Å². The molecule has 3 rings (SSSR count). The minimum Gasteiger partial charge on any atom is -0.497 e. The van der Waals surface area contributed by atoms with E-state index in [9.17, 15) is 4.79 Å². The second-order valence-electron chi connectivity index (χ2n) is 6.73. The summed E-state index contributed by atoms with van der Waals surface area (Å²) < 4.78 is 12.3. The standard InChI is InChI=1S/C24H24BrNO3/c1-17(27)24(29-16-18-6-4-3-5-7-18)23(19-8-10-20(25)11-9-19)26-21-12-14-22(28-2)15-13-21/h3-15,23-24,26H,16H2,1-2H3/t23-,24+/m1/s1. The zero-order valence-electron chi connectivity index (χ0n) is 16.5. The first-order valence-corrected chi connectivity index (χ1v) is 10.2. The molecule has 0 saturated carbocycles.